The van der Waals surface area contributed by atoms with Crippen molar-refractivity contribution in [1.29, 1.82) is 0 Å². The minimum absolute atomic E-state index is 0.692. The van der Waals surface area contributed by atoms with Gasteiger partial charge in [0.2, 0.25) is 5.95 Å². The predicted octanol–water partition coefficient (Wildman–Crippen LogP) is 2.68. The second-order valence-electron chi connectivity index (χ2n) is 6.32. The van der Waals surface area contributed by atoms with E-state index in [1.807, 2.05) is 13.1 Å². The normalized spacial score (nSPS) is 15.4. The van der Waals surface area contributed by atoms with Crippen molar-refractivity contribution in [1.82, 2.24) is 19.7 Å². The molecule has 2 heterocycles. The molecule has 1 N–H and O–H groups in total. The molecular formula is C18H27N5O. The number of nitrogens with one attached hydrogen (secondary N) is 1. The van der Waals surface area contributed by atoms with Crippen molar-refractivity contribution in [3.63, 3.8) is 0 Å². The van der Waals surface area contributed by atoms with Crippen molar-refractivity contribution in [3.8, 4) is 5.75 Å². The van der Waals surface area contributed by atoms with Crippen molar-refractivity contribution in [3.05, 3.63) is 36.2 Å². The molecule has 0 aliphatic carbocycles. The minimum atomic E-state index is 0.692. The van der Waals surface area contributed by atoms with Gasteiger partial charge in [-0.15, -0.1) is 0 Å². The van der Waals surface area contributed by atoms with Crippen molar-refractivity contribution < 1.29 is 4.74 Å². The third kappa shape index (κ3) is 4.96. The zero-order valence-corrected chi connectivity index (χ0v) is 14.4. The lowest BCUT2D eigenvalue weighted by Crippen LogP contribution is -2.29. The van der Waals surface area contributed by atoms with Crippen LogP contribution in [0.5, 0.6) is 5.75 Å². The van der Waals surface area contributed by atoms with Gasteiger partial charge in [-0.05, 0) is 50.0 Å². The van der Waals surface area contributed by atoms with Crippen LogP contribution in [-0.4, -0.2) is 45.9 Å². The first-order valence-electron chi connectivity index (χ1n) is 8.83. The van der Waals surface area contributed by atoms with Crippen LogP contribution in [-0.2, 0) is 13.6 Å². The summed E-state index contributed by atoms with van der Waals surface area (Å²) in [6, 6.07) is 8.49. The Hall–Kier alpha value is -2.08. The molecule has 0 atom stereocenters. The summed E-state index contributed by atoms with van der Waals surface area (Å²) < 4.78 is 7.61. The molecule has 1 aliphatic rings. The Balaban J connectivity index is 1.39. The van der Waals surface area contributed by atoms with Crippen LogP contribution in [0.15, 0.2) is 30.6 Å². The van der Waals surface area contributed by atoms with Crippen LogP contribution in [0.3, 0.4) is 0 Å². The number of benzene rings is 1. The van der Waals surface area contributed by atoms with Crippen LogP contribution in [0.2, 0.25) is 0 Å². The van der Waals surface area contributed by atoms with E-state index in [0.29, 0.717) is 6.61 Å². The number of hydrogen-bond donors (Lipinski definition) is 1. The van der Waals surface area contributed by atoms with Crippen molar-refractivity contribution in [2.24, 2.45) is 7.05 Å². The molecule has 1 aromatic carbocycles. The zero-order valence-electron chi connectivity index (χ0n) is 14.4. The van der Waals surface area contributed by atoms with E-state index >= 15 is 0 Å². The average molecular weight is 329 g/mol. The number of nitrogens with zero attached hydrogens (tertiary/aromatic N) is 4. The van der Waals surface area contributed by atoms with Crippen molar-refractivity contribution in [2.75, 3.05) is 31.6 Å². The maximum Gasteiger partial charge on any atom is 0.220 e. The Morgan fingerprint density at radius 1 is 1.21 bits per heavy atom. The number of hydrogen-bond acceptors (Lipinski definition) is 5. The van der Waals surface area contributed by atoms with E-state index in [2.05, 4.69) is 38.5 Å². The van der Waals surface area contributed by atoms with Gasteiger partial charge in [0.1, 0.15) is 12.1 Å². The van der Waals surface area contributed by atoms with Crippen LogP contribution in [0.1, 0.15) is 31.2 Å². The standard InChI is InChI=1S/C18H27N5O/c1-22-18(20-15-21-22)19-9-6-12-24-17-8-5-7-16(13-17)14-23-10-3-2-4-11-23/h5,7-8,13,15H,2-4,6,9-12,14H2,1H3,(H,19,20,21). The molecule has 130 valence electrons. The van der Waals surface area contributed by atoms with E-state index in [1.54, 1.807) is 11.0 Å². The summed E-state index contributed by atoms with van der Waals surface area (Å²) >= 11 is 0. The fourth-order valence-corrected chi connectivity index (χ4v) is 3.03. The van der Waals surface area contributed by atoms with Gasteiger partial charge < -0.3 is 10.1 Å². The summed E-state index contributed by atoms with van der Waals surface area (Å²) in [6.45, 7) is 4.99. The summed E-state index contributed by atoms with van der Waals surface area (Å²) in [6.07, 6.45) is 6.50. The van der Waals surface area contributed by atoms with Gasteiger partial charge in [0.15, 0.2) is 0 Å². The quantitative estimate of drug-likeness (QED) is 0.755. The first-order valence-corrected chi connectivity index (χ1v) is 8.83. The molecule has 2 aromatic rings. The second-order valence-corrected chi connectivity index (χ2v) is 6.32. The van der Waals surface area contributed by atoms with Gasteiger partial charge in [-0.1, -0.05) is 18.6 Å². The highest BCUT2D eigenvalue weighted by atomic mass is 16.5. The van der Waals surface area contributed by atoms with Gasteiger partial charge >= 0.3 is 0 Å². The molecule has 0 spiro atoms. The fourth-order valence-electron chi connectivity index (χ4n) is 3.03. The molecule has 6 nitrogen and oxygen atoms in total. The van der Waals surface area contributed by atoms with Gasteiger partial charge in [-0.3, -0.25) is 4.90 Å². The molecular weight excluding hydrogens is 302 g/mol. The van der Waals surface area contributed by atoms with E-state index in [9.17, 15) is 0 Å². The Morgan fingerprint density at radius 3 is 2.88 bits per heavy atom. The molecule has 0 radical (unpaired) electrons. The first-order chi connectivity index (χ1) is 11.8. The SMILES string of the molecule is Cn1ncnc1NCCCOc1cccc(CN2CCCCC2)c1. The van der Waals surface area contributed by atoms with Crippen LogP contribution in [0, 0.1) is 0 Å². The average Bonchev–Trinajstić information content (AvgIpc) is 3.01. The summed E-state index contributed by atoms with van der Waals surface area (Å²) in [7, 11) is 1.87. The number of aromatic nitrogens is 3. The fraction of sp³-hybridized carbons (Fsp3) is 0.556. The zero-order chi connectivity index (χ0) is 16.6. The molecule has 0 amide bonds. The predicted molar refractivity (Wildman–Crippen MR) is 95.2 cm³/mol. The molecule has 1 aliphatic heterocycles. The van der Waals surface area contributed by atoms with Gasteiger partial charge in [-0.2, -0.15) is 10.1 Å². The number of likely N-dealkylation sites (tertiary alicyclic amines) is 1. The molecule has 0 saturated carbocycles. The Labute approximate surface area is 143 Å². The lowest BCUT2D eigenvalue weighted by atomic mass is 10.1. The van der Waals surface area contributed by atoms with Crippen LogP contribution < -0.4 is 10.1 Å². The van der Waals surface area contributed by atoms with E-state index < -0.39 is 0 Å². The smallest absolute Gasteiger partial charge is 0.220 e. The van der Waals surface area contributed by atoms with E-state index in [1.165, 1.54) is 37.9 Å². The van der Waals surface area contributed by atoms with Gasteiger partial charge in [0.05, 0.1) is 6.61 Å². The number of rotatable bonds is 8. The van der Waals surface area contributed by atoms with Gasteiger partial charge in [0, 0.05) is 20.1 Å². The van der Waals surface area contributed by atoms with Crippen molar-refractivity contribution in [2.45, 2.75) is 32.2 Å². The van der Waals surface area contributed by atoms with E-state index in [0.717, 1.165) is 31.2 Å². The third-order valence-electron chi connectivity index (χ3n) is 4.34. The molecule has 1 aromatic heterocycles. The highest BCUT2D eigenvalue weighted by Crippen LogP contribution is 2.17. The Bertz CT molecular complexity index is 621. The number of piperidine rings is 1. The van der Waals surface area contributed by atoms with Crippen LogP contribution in [0.4, 0.5) is 5.95 Å². The van der Waals surface area contributed by atoms with E-state index in [-0.39, 0.29) is 0 Å². The van der Waals surface area contributed by atoms with Gasteiger partial charge in [0.25, 0.3) is 0 Å². The lowest BCUT2D eigenvalue weighted by molar-refractivity contribution is 0.220. The summed E-state index contributed by atoms with van der Waals surface area (Å²) in [4.78, 5) is 6.67. The molecule has 24 heavy (non-hydrogen) atoms. The lowest BCUT2D eigenvalue weighted by Gasteiger charge is -2.26. The summed E-state index contributed by atoms with van der Waals surface area (Å²) in [5, 5.41) is 7.28. The Morgan fingerprint density at radius 2 is 2.08 bits per heavy atom. The van der Waals surface area contributed by atoms with Crippen LogP contribution >= 0.6 is 0 Å². The largest absolute Gasteiger partial charge is 0.494 e. The highest BCUT2D eigenvalue weighted by molar-refractivity contribution is 5.28. The monoisotopic (exact) mass is 329 g/mol. The van der Waals surface area contributed by atoms with Crippen LogP contribution in [0.25, 0.3) is 0 Å². The number of anilines is 1. The van der Waals surface area contributed by atoms with Gasteiger partial charge in [-0.25, -0.2) is 4.68 Å². The Kier molecular flexibility index (Phi) is 6.07. The molecule has 1 fully saturated rings. The van der Waals surface area contributed by atoms with Crippen molar-refractivity contribution >= 4 is 5.95 Å². The molecule has 1 saturated heterocycles. The maximum atomic E-state index is 5.88. The third-order valence-corrected chi connectivity index (χ3v) is 4.34. The molecule has 0 bridgehead atoms. The summed E-state index contributed by atoms with van der Waals surface area (Å²) in [5.41, 5.74) is 1.34. The number of aryl methyl sites for hydroxylation is 1. The molecule has 0 unspecified atom stereocenters. The van der Waals surface area contributed by atoms with E-state index in [4.69, 9.17) is 4.74 Å². The second kappa shape index (κ2) is 8.68. The molecule has 6 heteroatoms. The highest BCUT2D eigenvalue weighted by Gasteiger charge is 2.10. The molecule has 3 rings (SSSR count). The topological polar surface area (TPSA) is 55.2 Å². The number of ether oxygens (including phenoxy) is 1. The summed E-state index contributed by atoms with van der Waals surface area (Å²) in [5.74, 6) is 1.75. The maximum absolute atomic E-state index is 5.88. The first kappa shape index (κ1) is 16.8. The minimum Gasteiger partial charge on any atom is -0.494 e.